The second kappa shape index (κ2) is 13.2. The molecule has 1 heterocycles. The maximum Gasteiger partial charge on any atom is 0.203 e. The highest BCUT2D eigenvalue weighted by Gasteiger charge is 2.20. The van der Waals surface area contributed by atoms with Crippen LogP contribution in [0.15, 0.2) is 18.2 Å². The Labute approximate surface area is 167 Å². The van der Waals surface area contributed by atoms with E-state index in [4.69, 9.17) is 19.3 Å². The van der Waals surface area contributed by atoms with E-state index in [9.17, 15) is 5.11 Å². The van der Waals surface area contributed by atoms with Crippen LogP contribution in [0.1, 0.15) is 0 Å². The molecule has 1 aromatic rings. The molecule has 1 fully saturated rings. The van der Waals surface area contributed by atoms with Crippen LogP contribution in [0.2, 0.25) is 0 Å². The summed E-state index contributed by atoms with van der Waals surface area (Å²) in [5.74, 6) is 1.67. The van der Waals surface area contributed by atoms with Crippen molar-refractivity contribution in [3.05, 3.63) is 18.2 Å². The minimum atomic E-state index is -0.594. The van der Waals surface area contributed by atoms with E-state index in [-0.39, 0.29) is 38.0 Å². The van der Waals surface area contributed by atoms with Crippen molar-refractivity contribution < 1.29 is 24.4 Å². The van der Waals surface area contributed by atoms with Crippen LogP contribution >= 0.6 is 24.8 Å². The first-order valence-corrected chi connectivity index (χ1v) is 8.25. The van der Waals surface area contributed by atoms with E-state index in [1.54, 1.807) is 26.4 Å². The fourth-order valence-electron chi connectivity index (χ4n) is 2.83. The number of aliphatic hydroxyl groups is 2. The average molecular weight is 413 g/mol. The molecule has 26 heavy (non-hydrogen) atoms. The number of para-hydroxylation sites is 1. The molecule has 152 valence electrons. The molecule has 1 saturated heterocycles. The molecule has 1 aromatic carbocycles. The number of halogens is 2. The zero-order valence-corrected chi connectivity index (χ0v) is 16.9. The second-order valence-electron chi connectivity index (χ2n) is 5.82. The number of aliphatic hydroxyl groups excluding tert-OH is 2. The van der Waals surface area contributed by atoms with Crippen molar-refractivity contribution in [3.63, 3.8) is 0 Å². The van der Waals surface area contributed by atoms with Gasteiger partial charge in [-0.05, 0) is 12.1 Å². The lowest BCUT2D eigenvalue weighted by Gasteiger charge is -2.35. The Morgan fingerprint density at radius 3 is 2.04 bits per heavy atom. The van der Waals surface area contributed by atoms with Crippen molar-refractivity contribution in [2.45, 2.75) is 6.10 Å². The molecule has 9 heteroatoms. The first-order chi connectivity index (χ1) is 11.7. The Morgan fingerprint density at radius 1 is 1.00 bits per heavy atom. The molecule has 2 N–H and O–H groups in total. The molecule has 7 nitrogen and oxygen atoms in total. The number of benzene rings is 1. The van der Waals surface area contributed by atoms with Crippen LogP contribution in [0.4, 0.5) is 0 Å². The first-order valence-electron chi connectivity index (χ1n) is 8.25. The van der Waals surface area contributed by atoms with Crippen molar-refractivity contribution in [3.8, 4) is 17.2 Å². The number of piperazine rings is 1. The lowest BCUT2D eigenvalue weighted by molar-refractivity contribution is 0.0417. The van der Waals surface area contributed by atoms with E-state index in [0.717, 1.165) is 26.2 Å². The van der Waals surface area contributed by atoms with E-state index >= 15 is 0 Å². The lowest BCUT2D eigenvalue weighted by atomic mass is 10.2. The zero-order chi connectivity index (χ0) is 17.4. The molecule has 0 radical (unpaired) electrons. The number of hydrogen-bond donors (Lipinski definition) is 2. The van der Waals surface area contributed by atoms with Gasteiger partial charge in [-0.1, -0.05) is 6.07 Å². The Balaban J connectivity index is 0.00000312. The second-order valence-corrected chi connectivity index (χ2v) is 5.82. The number of hydrogen-bond acceptors (Lipinski definition) is 7. The smallest absolute Gasteiger partial charge is 0.203 e. The van der Waals surface area contributed by atoms with E-state index < -0.39 is 6.10 Å². The van der Waals surface area contributed by atoms with Gasteiger partial charge < -0.3 is 24.4 Å². The molecule has 2 rings (SSSR count). The van der Waals surface area contributed by atoms with Crippen LogP contribution in [0.5, 0.6) is 17.2 Å². The normalized spacial score (nSPS) is 16.2. The van der Waals surface area contributed by atoms with Gasteiger partial charge in [-0.25, -0.2) is 0 Å². The Kier molecular flexibility index (Phi) is 12.8. The van der Waals surface area contributed by atoms with Crippen molar-refractivity contribution in [2.24, 2.45) is 0 Å². The minimum Gasteiger partial charge on any atom is -0.493 e. The predicted octanol–water partition coefficient (Wildman–Crippen LogP) is 0.897. The van der Waals surface area contributed by atoms with E-state index in [1.165, 1.54) is 0 Å². The summed E-state index contributed by atoms with van der Waals surface area (Å²) < 4.78 is 16.3. The molecule has 1 atom stereocenters. The van der Waals surface area contributed by atoms with Crippen molar-refractivity contribution in [2.75, 3.05) is 66.7 Å². The lowest BCUT2D eigenvalue weighted by Crippen LogP contribution is -2.49. The Hall–Kier alpha value is -0.960. The SMILES string of the molecule is COc1cccc(OC)c1OCC(O)CN1CCN(CCO)CC1.Cl.Cl. The molecule has 0 amide bonds. The molecule has 1 aliphatic rings. The summed E-state index contributed by atoms with van der Waals surface area (Å²) >= 11 is 0. The number of β-amino-alcohol motifs (C(OH)–C–C–N with tert-alkyl or cyclic N) is 2. The predicted molar refractivity (Wildman–Crippen MR) is 106 cm³/mol. The van der Waals surface area contributed by atoms with Crippen LogP contribution in [0, 0.1) is 0 Å². The van der Waals surface area contributed by atoms with Crippen molar-refractivity contribution in [1.82, 2.24) is 9.80 Å². The van der Waals surface area contributed by atoms with Gasteiger partial charge in [0.2, 0.25) is 5.75 Å². The monoisotopic (exact) mass is 412 g/mol. The van der Waals surface area contributed by atoms with Crippen molar-refractivity contribution >= 4 is 24.8 Å². The van der Waals surface area contributed by atoms with Gasteiger partial charge in [0.05, 0.1) is 20.8 Å². The fourth-order valence-corrected chi connectivity index (χ4v) is 2.83. The summed E-state index contributed by atoms with van der Waals surface area (Å²) in [6.45, 7) is 5.23. The highest BCUT2D eigenvalue weighted by Crippen LogP contribution is 2.36. The van der Waals surface area contributed by atoms with Gasteiger partial charge in [-0.3, -0.25) is 9.80 Å². The molecule has 0 aromatic heterocycles. The maximum absolute atomic E-state index is 10.3. The third-order valence-electron chi connectivity index (χ3n) is 4.15. The van der Waals surface area contributed by atoms with Crippen LogP contribution in [-0.4, -0.2) is 92.8 Å². The van der Waals surface area contributed by atoms with Gasteiger partial charge in [0.25, 0.3) is 0 Å². The van der Waals surface area contributed by atoms with Crippen LogP contribution in [-0.2, 0) is 0 Å². The molecule has 0 spiro atoms. The number of nitrogens with zero attached hydrogens (tertiary/aromatic N) is 2. The van der Waals surface area contributed by atoms with Crippen LogP contribution in [0.25, 0.3) is 0 Å². The molecule has 0 aliphatic carbocycles. The van der Waals surface area contributed by atoms with Gasteiger partial charge in [0.15, 0.2) is 11.5 Å². The van der Waals surface area contributed by atoms with Gasteiger partial charge in [-0.15, -0.1) is 24.8 Å². The molecule has 0 saturated carbocycles. The van der Waals surface area contributed by atoms with E-state index in [0.29, 0.717) is 30.3 Å². The highest BCUT2D eigenvalue weighted by molar-refractivity contribution is 5.85. The molecule has 1 unspecified atom stereocenters. The quantitative estimate of drug-likeness (QED) is 0.623. The topological polar surface area (TPSA) is 74.6 Å². The fraction of sp³-hybridized carbons (Fsp3) is 0.647. The summed E-state index contributed by atoms with van der Waals surface area (Å²) in [7, 11) is 3.15. The third kappa shape index (κ3) is 7.34. The molecule has 0 bridgehead atoms. The number of ether oxygens (including phenoxy) is 3. The Bertz CT molecular complexity index is 480. The van der Waals surface area contributed by atoms with Crippen molar-refractivity contribution in [1.29, 1.82) is 0 Å². The van der Waals surface area contributed by atoms with Gasteiger partial charge in [-0.2, -0.15) is 0 Å². The minimum absolute atomic E-state index is 0. The number of rotatable bonds is 9. The summed E-state index contributed by atoms with van der Waals surface area (Å²) in [6, 6.07) is 5.42. The molecule has 1 aliphatic heterocycles. The third-order valence-corrected chi connectivity index (χ3v) is 4.15. The van der Waals surface area contributed by atoms with E-state index in [2.05, 4.69) is 9.80 Å². The standard InChI is InChI=1S/C17H28N2O5.2ClH/c1-22-15-4-3-5-16(23-2)17(15)24-13-14(21)12-19-8-6-18(7-9-19)10-11-20;;/h3-5,14,20-21H,6-13H2,1-2H3;2*1H. The highest BCUT2D eigenvalue weighted by atomic mass is 35.5. The molecular weight excluding hydrogens is 383 g/mol. The van der Waals surface area contributed by atoms with Crippen LogP contribution < -0.4 is 14.2 Å². The van der Waals surface area contributed by atoms with E-state index in [1.807, 2.05) is 6.07 Å². The number of methoxy groups -OCH3 is 2. The van der Waals surface area contributed by atoms with Gasteiger partial charge >= 0.3 is 0 Å². The average Bonchev–Trinajstić information content (AvgIpc) is 2.61. The molecular formula is C17H30Cl2N2O5. The first kappa shape index (κ1) is 25.0. The summed E-state index contributed by atoms with van der Waals surface area (Å²) in [5.41, 5.74) is 0. The zero-order valence-electron chi connectivity index (χ0n) is 15.3. The van der Waals surface area contributed by atoms with Crippen LogP contribution in [0.3, 0.4) is 0 Å². The van der Waals surface area contributed by atoms with Gasteiger partial charge in [0.1, 0.15) is 12.7 Å². The summed E-state index contributed by atoms with van der Waals surface area (Å²) in [4.78, 5) is 4.43. The largest absolute Gasteiger partial charge is 0.493 e. The Morgan fingerprint density at radius 2 is 1.54 bits per heavy atom. The maximum atomic E-state index is 10.3. The summed E-state index contributed by atoms with van der Waals surface area (Å²) in [5, 5.41) is 19.2. The summed E-state index contributed by atoms with van der Waals surface area (Å²) in [6.07, 6.45) is -0.594. The van der Waals surface area contributed by atoms with Gasteiger partial charge in [0, 0.05) is 39.3 Å².